The molecule has 0 saturated heterocycles. The van der Waals surface area contributed by atoms with Gasteiger partial charge in [0.2, 0.25) is 5.75 Å². The van der Waals surface area contributed by atoms with Crippen LogP contribution in [-0.2, 0) is 4.79 Å². The van der Waals surface area contributed by atoms with Crippen LogP contribution in [0.3, 0.4) is 0 Å². The number of hydrogen-bond acceptors (Lipinski definition) is 9. The number of nitro groups is 1. The number of allylic oxidation sites excluding steroid dienone is 3. The van der Waals surface area contributed by atoms with Crippen molar-refractivity contribution in [3.8, 4) is 23.3 Å². The summed E-state index contributed by atoms with van der Waals surface area (Å²) in [6.07, 6.45) is 0.741. The molecule has 0 fully saturated rings. The average Bonchev–Trinajstić information content (AvgIpc) is 2.86. The van der Waals surface area contributed by atoms with Crippen LogP contribution in [0.2, 0.25) is 0 Å². The maximum Gasteiger partial charge on any atom is 0.271 e. The molecule has 0 amide bonds. The van der Waals surface area contributed by atoms with E-state index in [9.17, 15) is 20.2 Å². The fourth-order valence-corrected chi connectivity index (χ4v) is 5.15. The van der Waals surface area contributed by atoms with E-state index in [0.29, 0.717) is 46.2 Å². The first-order valence-electron chi connectivity index (χ1n) is 11.6. The summed E-state index contributed by atoms with van der Waals surface area (Å²) in [5.41, 5.74) is 8.28. The molecule has 1 atom stereocenters. The fraction of sp³-hybridized carbons (Fsp3) is 0.333. The van der Waals surface area contributed by atoms with Crippen molar-refractivity contribution >= 4 is 17.2 Å². The predicted octanol–water partition coefficient (Wildman–Crippen LogP) is 4.56. The van der Waals surface area contributed by atoms with E-state index in [4.69, 9.17) is 19.9 Å². The van der Waals surface area contributed by atoms with Gasteiger partial charge in [-0.25, -0.2) is 0 Å². The van der Waals surface area contributed by atoms with Gasteiger partial charge in [-0.05, 0) is 35.6 Å². The van der Waals surface area contributed by atoms with Crippen LogP contribution in [0.25, 0.3) is 0 Å². The van der Waals surface area contributed by atoms with Crippen molar-refractivity contribution < 1.29 is 23.9 Å². The molecule has 0 spiro atoms. The van der Waals surface area contributed by atoms with E-state index in [-0.39, 0.29) is 34.7 Å². The normalized spacial score (nSPS) is 18.8. The van der Waals surface area contributed by atoms with Gasteiger partial charge in [-0.2, -0.15) is 5.26 Å². The van der Waals surface area contributed by atoms with Crippen molar-refractivity contribution in [3.05, 3.63) is 74.7 Å². The number of nitrogens with zero attached hydrogens (tertiary/aromatic N) is 3. The number of nitrogens with two attached hydrogens (primary N) is 1. The number of carbonyl (C=O) groups is 1. The summed E-state index contributed by atoms with van der Waals surface area (Å²) in [5.74, 6) is 0.321. The highest BCUT2D eigenvalue weighted by atomic mass is 16.6. The van der Waals surface area contributed by atoms with Crippen LogP contribution in [0, 0.1) is 26.9 Å². The van der Waals surface area contributed by atoms with Crippen molar-refractivity contribution in [1.82, 2.24) is 0 Å². The number of ether oxygens (including phenoxy) is 3. The van der Waals surface area contributed by atoms with Crippen molar-refractivity contribution in [1.29, 1.82) is 5.26 Å². The third-order valence-corrected chi connectivity index (χ3v) is 6.70. The highest BCUT2D eigenvalue weighted by molar-refractivity contribution is 6.01. The Morgan fingerprint density at radius 2 is 1.76 bits per heavy atom. The third-order valence-electron chi connectivity index (χ3n) is 6.70. The van der Waals surface area contributed by atoms with Crippen LogP contribution in [0.1, 0.15) is 38.2 Å². The average molecular weight is 505 g/mol. The Labute approximate surface area is 214 Å². The summed E-state index contributed by atoms with van der Waals surface area (Å²) >= 11 is 0. The monoisotopic (exact) mass is 504 g/mol. The van der Waals surface area contributed by atoms with Crippen LogP contribution in [-0.4, -0.2) is 32.0 Å². The number of hydrogen-bond donors (Lipinski definition) is 1. The number of nitriles is 1. The second kappa shape index (κ2) is 9.50. The predicted molar refractivity (Wildman–Crippen MR) is 136 cm³/mol. The molecular weight excluding hydrogens is 476 g/mol. The molecule has 2 N–H and O–H groups in total. The Balaban J connectivity index is 2.03. The highest BCUT2D eigenvalue weighted by Gasteiger charge is 2.45. The summed E-state index contributed by atoms with van der Waals surface area (Å²) in [6, 6.07) is 11.6. The van der Waals surface area contributed by atoms with Gasteiger partial charge in [0.1, 0.15) is 5.82 Å². The van der Waals surface area contributed by atoms with E-state index in [1.54, 1.807) is 29.2 Å². The Bertz CT molecular complexity index is 1380. The van der Waals surface area contributed by atoms with Crippen molar-refractivity contribution in [2.24, 2.45) is 11.1 Å². The molecule has 10 heteroatoms. The standard InChI is InChI=1S/C27H28N4O6/c1-27(2)12-19-24(20(32)13-27)23(15-9-21(35-3)25(37-5)22(10-15)36-4)18(14-28)26(29)30(19)16-7-6-8-17(11-16)31(33)34/h6-11,23H,12-13,29H2,1-5H3/t23-/m1/s1. The molecule has 2 aromatic carbocycles. The first-order chi connectivity index (χ1) is 17.6. The Hall–Kier alpha value is -4.52. The third kappa shape index (κ3) is 4.33. The smallest absolute Gasteiger partial charge is 0.271 e. The summed E-state index contributed by atoms with van der Waals surface area (Å²) in [5, 5.41) is 21.8. The molecule has 10 nitrogen and oxygen atoms in total. The zero-order valence-electron chi connectivity index (χ0n) is 21.3. The Morgan fingerprint density at radius 1 is 1.11 bits per heavy atom. The number of anilines is 1. The molecule has 2 aromatic rings. The molecular formula is C27H28N4O6. The number of rotatable bonds is 6. The lowest BCUT2D eigenvalue weighted by molar-refractivity contribution is -0.384. The summed E-state index contributed by atoms with van der Waals surface area (Å²) in [4.78, 5) is 26.3. The molecule has 0 unspecified atom stereocenters. The van der Waals surface area contributed by atoms with E-state index in [1.807, 2.05) is 13.8 Å². The number of ketones is 1. The first kappa shape index (κ1) is 25.6. The van der Waals surface area contributed by atoms with Gasteiger partial charge in [-0.15, -0.1) is 0 Å². The van der Waals surface area contributed by atoms with Gasteiger partial charge in [0.05, 0.1) is 49.5 Å². The zero-order chi connectivity index (χ0) is 27.1. The quantitative estimate of drug-likeness (QED) is 0.442. The number of nitro benzene ring substituents is 1. The van der Waals surface area contributed by atoms with Gasteiger partial charge >= 0.3 is 0 Å². The van der Waals surface area contributed by atoms with Gasteiger partial charge < -0.3 is 19.9 Å². The van der Waals surface area contributed by atoms with Gasteiger partial charge in [-0.3, -0.25) is 19.8 Å². The van der Waals surface area contributed by atoms with E-state index in [0.717, 1.165) is 0 Å². The number of Topliss-reactive ketones (excluding diaryl/α,β-unsaturated/α-hetero) is 1. The van der Waals surface area contributed by atoms with Crippen LogP contribution in [0.15, 0.2) is 59.1 Å². The van der Waals surface area contributed by atoms with E-state index in [2.05, 4.69) is 6.07 Å². The Morgan fingerprint density at radius 3 is 2.30 bits per heavy atom. The van der Waals surface area contributed by atoms with Crippen molar-refractivity contribution in [2.75, 3.05) is 26.2 Å². The number of non-ortho nitro benzene ring substituents is 1. The molecule has 192 valence electrons. The van der Waals surface area contributed by atoms with Crippen molar-refractivity contribution in [3.63, 3.8) is 0 Å². The minimum absolute atomic E-state index is 0.103. The lowest BCUT2D eigenvalue weighted by Crippen LogP contribution is -2.42. The molecule has 0 radical (unpaired) electrons. The summed E-state index contributed by atoms with van der Waals surface area (Å²) in [7, 11) is 4.46. The first-order valence-corrected chi connectivity index (χ1v) is 11.6. The molecule has 0 saturated carbocycles. The largest absolute Gasteiger partial charge is 0.493 e. The molecule has 2 aliphatic rings. The minimum Gasteiger partial charge on any atom is -0.493 e. The van der Waals surface area contributed by atoms with Crippen LogP contribution < -0.4 is 24.8 Å². The lowest BCUT2D eigenvalue weighted by Gasteiger charge is -2.43. The SMILES string of the molecule is COc1cc([C@@H]2C(C#N)=C(N)N(c3cccc([N+](=O)[O-])c3)C3=C2C(=O)CC(C)(C)C3)cc(OC)c1OC. The van der Waals surface area contributed by atoms with E-state index in [1.165, 1.54) is 33.5 Å². The highest BCUT2D eigenvalue weighted by Crippen LogP contribution is 2.52. The molecule has 37 heavy (non-hydrogen) atoms. The van der Waals surface area contributed by atoms with Crippen LogP contribution in [0.4, 0.5) is 11.4 Å². The number of methoxy groups -OCH3 is 3. The zero-order valence-corrected chi connectivity index (χ0v) is 21.3. The lowest BCUT2D eigenvalue weighted by atomic mass is 9.68. The molecule has 0 aromatic heterocycles. The molecule has 0 bridgehead atoms. The molecule has 1 aliphatic heterocycles. The molecule has 1 aliphatic carbocycles. The van der Waals surface area contributed by atoms with E-state index < -0.39 is 10.8 Å². The summed E-state index contributed by atoms with van der Waals surface area (Å²) in [6.45, 7) is 3.96. The summed E-state index contributed by atoms with van der Waals surface area (Å²) < 4.78 is 16.5. The molecule has 1 heterocycles. The minimum atomic E-state index is -0.785. The van der Waals surface area contributed by atoms with Crippen molar-refractivity contribution in [2.45, 2.75) is 32.6 Å². The number of benzene rings is 2. The second-order valence-electron chi connectivity index (χ2n) is 9.72. The maximum atomic E-state index is 13.7. The van der Waals surface area contributed by atoms with Gasteiger partial charge in [-0.1, -0.05) is 19.9 Å². The molecule has 4 rings (SSSR count). The number of carbonyl (C=O) groups excluding carboxylic acids is 1. The van der Waals surface area contributed by atoms with E-state index >= 15 is 0 Å². The second-order valence-corrected chi connectivity index (χ2v) is 9.72. The Kier molecular flexibility index (Phi) is 6.57. The van der Waals surface area contributed by atoms with Crippen LogP contribution >= 0.6 is 0 Å². The topological polar surface area (TPSA) is 141 Å². The maximum absolute atomic E-state index is 13.7. The van der Waals surface area contributed by atoms with Gasteiger partial charge in [0, 0.05) is 29.8 Å². The van der Waals surface area contributed by atoms with Gasteiger partial charge in [0.25, 0.3) is 5.69 Å². The van der Waals surface area contributed by atoms with Gasteiger partial charge in [0.15, 0.2) is 17.3 Å². The van der Waals surface area contributed by atoms with Crippen LogP contribution in [0.5, 0.6) is 17.2 Å². The fourth-order valence-electron chi connectivity index (χ4n) is 5.15.